The average Bonchev–Trinajstić information content (AvgIpc) is 2.06. The molecule has 0 radical (unpaired) electrons. The van der Waals surface area contributed by atoms with Crippen LogP contribution in [0.3, 0.4) is 0 Å². The standard InChI is InChI=1S/C5H10O3S2/c6-9-5(10-7)3-1-2-4-8-5/h6-7H,1-4H2. The molecule has 3 nitrogen and oxygen atoms in total. The lowest BCUT2D eigenvalue weighted by atomic mass is 10.2. The van der Waals surface area contributed by atoms with Gasteiger partial charge in [-0.25, -0.2) is 0 Å². The monoisotopic (exact) mass is 182 g/mol. The summed E-state index contributed by atoms with van der Waals surface area (Å²) in [6.07, 6.45) is 2.72. The Morgan fingerprint density at radius 1 is 1.20 bits per heavy atom. The topological polar surface area (TPSA) is 49.7 Å². The largest absolute Gasteiger partial charge is 0.351 e. The summed E-state index contributed by atoms with van der Waals surface area (Å²) in [5, 5.41) is 0. The van der Waals surface area contributed by atoms with Crippen LogP contribution in [0, 0.1) is 0 Å². The normalized spacial score (nSPS) is 24.6. The van der Waals surface area contributed by atoms with E-state index in [-0.39, 0.29) is 0 Å². The molecule has 1 heterocycles. The Hall–Kier alpha value is 0.580. The first-order chi connectivity index (χ1) is 4.83. The molecule has 0 aromatic heterocycles. The van der Waals surface area contributed by atoms with E-state index in [1.54, 1.807) is 0 Å². The second-order valence-corrected chi connectivity index (χ2v) is 4.11. The van der Waals surface area contributed by atoms with Gasteiger partial charge in [0.2, 0.25) is 4.27 Å². The van der Waals surface area contributed by atoms with Crippen molar-refractivity contribution in [2.24, 2.45) is 0 Å². The maximum atomic E-state index is 8.75. The molecule has 1 saturated heterocycles. The molecular weight excluding hydrogens is 172 g/mol. The molecule has 0 bridgehead atoms. The zero-order valence-corrected chi connectivity index (χ0v) is 7.08. The summed E-state index contributed by atoms with van der Waals surface area (Å²) in [5.74, 6) is 0. The van der Waals surface area contributed by atoms with Gasteiger partial charge < -0.3 is 13.8 Å². The Kier molecular flexibility index (Phi) is 3.32. The first kappa shape index (κ1) is 8.67. The third-order valence-electron chi connectivity index (χ3n) is 1.48. The SMILES string of the molecule is OSC1(SO)CCCCO1. The van der Waals surface area contributed by atoms with E-state index in [0.717, 1.165) is 12.8 Å². The third-order valence-corrected chi connectivity index (χ3v) is 3.12. The van der Waals surface area contributed by atoms with Crippen molar-refractivity contribution in [2.45, 2.75) is 23.5 Å². The van der Waals surface area contributed by atoms with Gasteiger partial charge in [-0.15, -0.1) is 0 Å². The molecular formula is C5H10O3S2. The molecule has 2 N–H and O–H groups in total. The molecule has 60 valence electrons. The van der Waals surface area contributed by atoms with E-state index in [9.17, 15) is 0 Å². The van der Waals surface area contributed by atoms with Crippen LogP contribution in [0.15, 0.2) is 0 Å². The molecule has 0 unspecified atom stereocenters. The van der Waals surface area contributed by atoms with Gasteiger partial charge in [0.05, 0.1) is 0 Å². The summed E-state index contributed by atoms with van der Waals surface area (Å²) in [6.45, 7) is 0.626. The van der Waals surface area contributed by atoms with Gasteiger partial charge in [0, 0.05) is 37.1 Å². The van der Waals surface area contributed by atoms with E-state index in [1.165, 1.54) is 0 Å². The van der Waals surface area contributed by atoms with Crippen molar-refractivity contribution in [3.05, 3.63) is 0 Å². The van der Waals surface area contributed by atoms with Gasteiger partial charge in [0.15, 0.2) is 0 Å². The van der Waals surface area contributed by atoms with Gasteiger partial charge in [-0.2, -0.15) is 0 Å². The number of ether oxygens (including phenoxy) is 1. The van der Waals surface area contributed by atoms with Crippen LogP contribution in [-0.4, -0.2) is 20.0 Å². The van der Waals surface area contributed by atoms with Gasteiger partial charge in [-0.3, -0.25) is 0 Å². The highest BCUT2D eigenvalue weighted by Gasteiger charge is 2.34. The van der Waals surface area contributed by atoms with Gasteiger partial charge in [-0.05, 0) is 12.8 Å². The van der Waals surface area contributed by atoms with Gasteiger partial charge in [0.25, 0.3) is 0 Å². The predicted molar refractivity (Wildman–Crippen MR) is 43.0 cm³/mol. The molecule has 1 rings (SSSR count). The van der Waals surface area contributed by atoms with Gasteiger partial charge in [0.1, 0.15) is 0 Å². The molecule has 1 aliphatic heterocycles. The zero-order valence-electron chi connectivity index (χ0n) is 5.45. The van der Waals surface area contributed by atoms with Crippen molar-refractivity contribution >= 4 is 24.1 Å². The number of hydrogen-bond donors (Lipinski definition) is 2. The molecule has 0 amide bonds. The maximum absolute atomic E-state index is 8.75. The van der Waals surface area contributed by atoms with Crippen molar-refractivity contribution in [2.75, 3.05) is 6.61 Å². The fourth-order valence-corrected chi connectivity index (χ4v) is 1.78. The van der Waals surface area contributed by atoms with Crippen LogP contribution in [0.2, 0.25) is 0 Å². The van der Waals surface area contributed by atoms with Gasteiger partial charge in [-0.1, -0.05) is 0 Å². The molecule has 0 aliphatic carbocycles. The molecule has 0 aromatic rings. The van der Waals surface area contributed by atoms with Crippen molar-refractivity contribution in [3.63, 3.8) is 0 Å². The Morgan fingerprint density at radius 3 is 2.20 bits per heavy atom. The van der Waals surface area contributed by atoms with Crippen LogP contribution in [0.5, 0.6) is 0 Å². The molecule has 1 aliphatic rings. The lowest BCUT2D eigenvalue weighted by Crippen LogP contribution is -2.28. The zero-order chi connectivity index (χ0) is 7.45. The van der Waals surface area contributed by atoms with Gasteiger partial charge >= 0.3 is 0 Å². The summed E-state index contributed by atoms with van der Waals surface area (Å²) < 4.78 is 21.9. The minimum atomic E-state index is -0.793. The van der Waals surface area contributed by atoms with Crippen molar-refractivity contribution in [3.8, 4) is 0 Å². The molecule has 0 aromatic carbocycles. The lowest BCUT2D eigenvalue weighted by molar-refractivity contribution is 0.0436. The fourth-order valence-electron chi connectivity index (χ4n) is 0.904. The Labute approximate surface area is 68.6 Å². The highest BCUT2D eigenvalue weighted by Crippen LogP contribution is 2.41. The smallest absolute Gasteiger partial charge is 0.210 e. The number of hydrogen-bond acceptors (Lipinski definition) is 5. The van der Waals surface area contributed by atoms with Crippen molar-refractivity contribution in [1.29, 1.82) is 0 Å². The quantitative estimate of drug-likeness (QED) is 0.506. The molecule has 0 saturated carbocycles. The van der Waals surface area contributed by atoms with Crippen LogP contribution in [0.1, 0.15) is 19.3 Å². The van der Waals surface area contributed by atoms with Crippen molar-refractivity contribution < 1.29 is 13.8 Å². The highest BCUT2D eigenvalue weighted by atomic mass is 32.2. The first-order valence-corrected chi connectivity index (χ1v) is 4.67. The van der Waals surface area contributed by atoms with E-state index < -0.39 is 4.27 Å². The van der Waals surface area contributed by atoms with Crippen LogP contribution in [0.25, 0.3) is 0 Å². The first-order valence-electron chi connectivity index (χ1n) is 3.12. The average molecular weight is 182 g/mol. The summed E-state index contributed by atoms with van der Waals surface area (Å²) in [5.41, 5.74) is 0. The van der Waals surface area contributed by atoms with E-state index in [2.05, 4.69) is 0 Å². The van der Waals surface area contributed by atoms with E-state index in [0.29, 0.717) is 37.1 Å². The minimum Gasteiger partial charge on any atom is -0.351 e. The summed E-state index contributed by atoms with van der Waals surface area (Å²) >= 11 is 1.17. The van der Waals surface area contributed by atoms with Crippen LogP contribution >= 0.6 is 24.1 Å². The maximum Gasteiger partial charge on any atom is 0.210 e. The third kappa shape index (κ3) is 1.79. The number of rotatable bonds is 2. The molecule has 1 fully saturated rings. The minimum absolute atomic E-state index is 0.584. The van der Waals surface area contributed by atoms with Crippen LogP contribution < -0.4 is 0 Å². The Balaban J connectivity index is 2.44. The molecule has 0 spiro atoms. The van der Waals surface area contributed by atoms with Crippen LogP contribution in [0.4, 0.5) is 0 Å². The van der Waals surface area contributed by atoms with E-state index >= 15 is 0 Å². The van der Waals surface area contributed by atoms with Crippen LogP contribution in [-0.2, 0) is 4.74 Å². The lowest BCUT2D eigenvalue weighted by Gasteiger charge is -2.30. The summed E-state index contributed by atoms with van der Waals surface area (Å²) in [7, 11) is 0. The second kappa shape index (κ2) is 3.82. The highest BCUT2D eigenvalue weighted by molar-refractivity contribution is 8.12. The van der Waals surface area contributed by atoms with E-state index in [4.69, 9.17) is 13.8 Å². The van der Waals surface area contributed by atoms with E-state index in [1.807, 2.05) is 0 Å². The Bertz CT molecular complexity index is 97.1. The second-order valence-electron chi connectivity index (χ2n) is 2.17. The molecule has 10 heavy (non-hydrogen) atoms. The summed E-state index contributed by atoms with van der Waals surface area (Å²) in [4.78, 5) is 0. The predicted octanol–water partition coefficient (Wildman–Crippen LogP) is 2.25. The molecule has 5 heteroatoms. The van der Waals surface area contributed by atoms with Crippen molar-refractivity contribution in [1.82, 2.24) is 0 Å². The molecule has 0 atom stereocenters. The Morgan fingerprint density at radius 2 is 1.90 bits per heavy atom. The fraction of sp³-hybridized carbons (Fsp3) is 1.00. The summed E-state index contributed by atoms with van der Waals surface area (Å²) in [6, 6.07) is 0.